The molecule has 14 atom stereocenters. The third-order valence-corrected chi connectivity index (χ3v) is 15.8. The molecule has 2 saturated heterocycles. The minimum absolute atomic E-state index is 0.00511. The molecule has 37 nitrogen and oxygen atoms in total. The lowest BCUT2D eigenvalue weighted by molar-refractivity contribution is -0.270. The number of carbonyl (C=O) groups excluding carboxylic acids is 9. The molecule has 2 fully saturated rings. The zero-order valence-electron chi connectivity index (χ0n) is 58.5. The lowest BCUT2D eigenvalue weighted by atomic mass is 9.97. The fraction of sp³-hybridized carbons (Fsp3) is 0.857. The van der Waals surface area contributed by atoms with Gasteiger partial charge < -0.3 is 142 Å². The van der Waals surface area contributed by atoms with Gasteiger partial charge in [-0.2, -0.15) is 0 Å². The third-order valence-electron chi connectivity index (χ3n) is 15.8. The number of hydrogen-bond donors (Lipinski definition) is 19. The number of amides is 9. The predicted molar refractivity (Wildman–Crippen MR) is 352 cm³/mol. The highest BCUT2D eigenvalue weighted by molar-refractivity contribution is 5.78. The molecule has 2 rings (SSSR count). The first-order valence-electron chi connectivity index (χ1n) is 34.3. The van der Waals surface area contributed by atoms with Crippen molar-refractivity contribution in [1.29, 1.82) is 0 Å². The van der Waals surface area contributed by atoms with Crippen LogP contribution in [0.3, 0.4) is 0 Å². The number of aliphatic hydroxyl groups is 9. The summed E-state index contributed by atoms with van der Waals surface area (Å²) in [5, 5.41) is 117. The van der Waals surface area contributed by atoms with E-state index in [1.165, 1.54) is 27.7 Å². The van der Waals surface area contributed by atoms with Crippen LogP contribution in [-0.4, -0.2) is 323 Å². The lowest BCUT2D eigenvalue weighted by Crippen LogP contribution is -2.64. The number of ether oxygens (including phenoxy) is 9. The fourth-order valence-electron chi connectivity index (χ4n) is 9.98. The quantitative estimate of drug-likeness (QED) is 0.0199. The Hall–Kier alpha value is -5.53. The average Bonchev–Trinajstić information content (AvgIpc) is 0.815. The summed E-state index contributed by atoms with van der Waals surface area (Å²) in [6.07, 6.45) is -9.21. The van der Waals surface area contributed by atoms with E-state index in [-0.39, 0.29) is 160 Å². The molecule has 0 bridgehead atoms. The van der Waals surface area contributed by atoms with Gasteiger partial charge in [-0.25, -0.2) is 0 Å². The van der Waals surface area contributed by atoms with Gasteiger partial charge in [-0.3, -0.25) is 43.2 Å². The molecule has 0 aromatic heterocycles. The molecule has 0 aliphatic carbocycles. The van der Waals surface area contributed by atoms with Crippen LogP contribution in [0.5, 0.6) is 0 Å². The Bertz CT molecular complexity index is 2240. The lowest BCUT2D eigenvalue weighted by Gasteiger charge is -2.42. The summed E-state index contributed by atoms with van der Waals surface area (Å²) in [6.45, 7) is 4.84. The van der Waals surface area contributed by atoms with Crippen LogP contribution in [0.25, 0.3) is 0 Å². The highest BCUT2D eigenvalue weighted by Gasteiger charge is 2.47. The molecule has 0 saturated carbocycles. The van der Waals surface area contributed by atoms with Crippen LogP contribution in [-0.2, 0) is 85.8 Å². The van der Waals surface area contributed by atoms with Gasteiger partial charge in [0.1, 0.15) is 60.9 Å². The van der Waals surface area contributed by atoms with E-state index in [2.05, 4.69) is 53.2 Å². The Morgan fingerprint density at radius 1 is 0.450 bits per heavy atom. The molecule has 2 aliphatic heterocycles. The van der Waals surface area contributed by atoms with Gasteiger partial charge in [0.25, 0.3) is 0 Å². The number of hydrogen-bond acceptors (Lipinski definition) is 28. The summed E-state index contributed by atoms with van der Waals surface area (Å²) >= 11 is 0. The van der Waals surface area contributed by atoms with Gasteiger partial charge in [0.2, 0.25) is 53.2 Å². The zero-order valence-corrected chi connectivity index (χ0v) is 58.5. The van der Waals surface area contributed by atoms with Crippen LogP contribution in [0.1, 0.15) is 124 Å². The molecule has 37 heteroatoms. The topological polar surface area (TPSA) is 539 Å². The normalized spacial score (nSPS) is 22.4. The van der Waals surface area contributed by atoms with Gasteiger partial charge in [0.05, 0.1) is 77.7 Å². The van der Waals surface area contributed by atoms with Gasteiger partial charge in [-0.15, -0.1) is 0 Å². The van der Waals surface area contributed by atoms with E-state index in [0.29, 0.717) is 70.9 Å². The van der Waals surface area contributed by atoms with Crippen molar-refractivity contribution in [3.8, 4) is 0 Å². The second-order valence-corrected chi connectivity index (χ2v) is 24.4. The first-order valence-corrected chi connectivity index (χ1v) is 34.3. The Balaban J connectivity index is 1.79. The number of rotatable bonds is 57. The molecule has 19 N–H and O–H groups in total. The minimum Gasteiger partial charge on any atom is -0.394 e. The first-order chi connectivity index (χ1) is 47.8. The number of unbranched alkanes of at least 4 members (excludes halogenated alkanes) is 3. The predicted octanol–water partition coefficient (Wildman–Crippen LogP) is -6.94. The largest absolute Gasteiger partial charge is 0.394 e. The molecular weight excluding hydrogens is 1330 g/mol. The fourth-order valence-corrected chi connectivity index (χ4v) is 9.98. The van der Waals surface area contributed by atoms with Gasteiger partial charge in [-0.05, 0) is 71.8 Å². The van der Waals surface area contributed by atoms with Crippen LogP contribution in [0, 0.1) is 0 Å². The summed E-state index contributed by atoms with van der Waals surface area (Å²) in [5.74, 6) is -2.99. The maximum Gasteiger partial charge on any atom is 0.222 e. The molecule has 580 valence electrons. The Morgan fingerprint density at radius 3 is 1.10 bits per heavy atom. The van der Waals surface area contributed by atoms with Crippen molar-refractivity contribution in [2.45, 2.75) is 215 Å². The molecule has 0 aromatic carbocycles. The van der Waals surface area contributed by atoms with Gasteiger partial charge in [0.15, 0.2) is 18.9 Å². The molecule has 12 unspecified atom stereocenters. The average molecular weight is 1450 g/mol. The van der Waals surface area contributed by atoms with E-state index >= 15 is 0 Å². The second-order valence-electron chi connectivity index (χ2n) is 24.4. The number of carbonyl (C=O) groups is 9. The SMILES string of the molecule is CNC(COCCC(=O)NCCCNC(=O)CCCCOC1OC(CO)C(O)C(O)C1NC(C)=O)(COCCC(=O)NCCCNC(=O)CCCCOC1OC(CO)C(O)C(O)C1NC(C)=O)COCCC(=O)NCCCNC(=O)CCCCOC(OC(CO)[C@@H](C)O)[C@H](CO)NC(C)=O. The van der Waals surface area contributed by atoms with Crippen LogP contribution in [0.4, 0.5) is 0 Å². The summed E-state index contributed by atoms with van der Waals surface area (Å²) in [5.41, 5.74) is -1.00. The van der Waals surface area contributed by atoms with Gasteiger partial charge >= 0.3 is 0 Å². The molecule has 0 aromatic rings. The molecule has 0 spiro atoms. The van der Waals surface area contributed by atoms with Crippen LogP contribution < -0.4 is 53.2 Å². The Kier molecular flexibility index (Phi) is 48.3. The summed E-state index contributed by atoms with van der Waals surface area (Å²) in [6, 6.07) is -3.12. The molecule has 2 heterocycles. The molecule has 100 heavy (non-hydrogen) atoms. The second kappa shape index (κ2) is 53.3. The Morgan fingerprint density at radius 2 is 0.800 bits per heavy atom. The summed E-state index contributed by atoms with van der Waals surface area (Å²) in [7, 11) is 1.66. The van der Waals surface area contributed by atoms with Crippen molar-refractivity contribution in [2.24, 2.45) is 0 Å². The highest BCUT2D eigenvalue weighted by Crippen LogP contribution is 2.24. The van der Waals surface area contributed by atoms with E-state index in [4.69, 9.17) is 42.6 Å². The van der Waals surface area contributed by atoms with Crippen LogP contribution >= 0.6 is 0 Å². The summed E-state index contributed by atoms with van der Waals surface area (Å²) < 4.78 is 51.6. The van der Waals surface area contributed by atoms with E-state index in [9.17, 15) is 89.1 Å². The van der Waals surface area contributed by atoms with Gasteiger partial charge in [0, 0.05) is 118 Å². The molecule has 9 amide bonds. The first kappa shape index (κ1) is 90.6. The molecule has 0 radical (unpaired) electrons. The van der Waals surface area contributed by atoms with E-state index in [0.717, 1.165) is 0 Å². The monoisotopic (exact) mass is 1440 g/mol. The maximum atomic E-state index is 12.8. The number of likely N-dealkylation sites (N-methyl/N-ethyl adjacent to an activating group) is 1. The number of aliphatic hydroxyl groups excluding tert-OH is 9. The third kappa shape index (κ3) is 38.7. The zero-order chi connectivity index (χ0) is 74.3. The van der Waals surface area contributed by atoms with Crippen molar-refractivity contribution in [2.75, 3.05) is 132 Å². The molecule has 2 aliphatic rings. The Labute approximate surface area is 583 Å². The molecular formula is C63H116N10O27. The van der Waals surface area contributed by atoms with Crippen molar-refractivity contribution in [3.05, 3.63) is 0 Å². The minimum atomic E-state index is -1.44. The van der Waals surface area contributed by atoms with Crippen molar-refractivity contribution < 1.29 is 132 Å². The maximum absolute atomic E-state index is 12.8. The van der Waals surface area contributed by atoms with E-state index < -0.39 is 136 Å². The number of nitrogens with one attached hydrogen (secondary N) is 10. The highest BCUT2D eigenvalue weighted by atomic mass is 16.7. The van der Waals surface area contributed by atoms with E-state index in [1.54, 1.807) is 7.05 Å². The van der Waals surface area contributed by atoms with Crippen LogP contribution in [0.15, 0.2) is 0 Å². The standard InChI is InChI=1S/C63H116N10O27/c1-40(78)45(34-75)98-60(44(33-74)71-41(2)79)95-27-9-6-15-48(82)65-21-12-24-68-51(85)18-30-92-37-63(64-5,38-93-31-19-52(86)69-25-13-22-66-49(83)16-7-10-28-96-61-54(72-42(3)80)58(90)56(88)46(35-76)99-61)39-94-32-20-53(87)70-26-14-23-67-50(84)17-8-11-29-97-62-55(73-43(4)81)59(91)57(89)47(36-77)100-62/h40,44-47,54-62,64,74-78,88-91H,6-39H2,1-5H3,(H,65,82)(H,66,83)(H,67,84)(H,68,85)(H,69,86)(H,70,87)(H,71,79)(H,72,80)(H,73,81)/t40-,44+,45?,46?,47?,54?,55?,56?,57?,58?,59?,60?,61?,62?,63?/m1/s1. The van der Waals surface area contributed by atoms with Crippen LogP contribution in [0.2, 0.25) is 0 Å². The van der Waals surface area contributed by atoms with Gasteiger partial charge in [-0.1, -0.05) is 0 Å². The smallest absolute Gasteiger partial charge is 0.222 e. The van der Waals surface area contributed by atoms with Crippen molar-refractivity contribution in [1.82, 2.24) is 53.2 Å². The van der Waals surface area contributed by atoms with Crippen molar-refractivity contribution >= 4 is 53.2 Å². The van der Waals surface area contributed by atoms with E-state index in [1.807, 2.05) is 0 Å². The van der Waals surface area contributed by atoms with Crippen molar-refractivity contribution in [3.63, 3.8) is 0 Å². The summed E-state index contributed by atoms with van der Waals surface area (Å²) in [4.78, 5) is 111.